The largest absolute Gasteiger partial charge is 0.352 e. The SMILES string of the molecule is Cc1ccccc1CNC(=O)C1CCCN(C(=O)c2nnc(C(=O)Nc3ccc(Cl)cc3)s2)C1. The maximum atomic E-state index is 13.0. The number of aryl methyl sites for hydroxylation is 1. The maximum absolute atomic E-state index is 13.0. The van der Waals surface area contributed by atoms with Crippen LogP contribution in [0.25, 0.3) is 0 Å². The van der Waals surface area contributed by atoms with Crippen molar-refractivity contribution in [3.63, 3.8) is 0 Å². The average Bonchev–Trinajstić information content (AvgIpc) is 3.35. The lowest BCUT2D eigenvalue weighted by molar-refractivity contribution is -0.126. The Morgan fingerprint density at radius 1 is 1.09 bits per heavy atom. The van der Waals surface area contributed by atoms with Gasteiger partial charge in [-0.15, -0.1) is 10.2 Å². The van der Waals surface area contributed by atoms with E-state index >= 15 is 0 Å². The molecule has 3 aromatic rings. The van der Waals surface area contributed by atoms with Crippen LogP contribution >= 0.6 is 22.9 Å². The van der Waals surface area contributed by atoms with Gasteiger partial charge in [0.25, 0.3) is 11.8 Å². The topological polar surface area (TPSA) is 104 Å². The van der Waals surface area contributed by atoms with Crippen molar-refractivity contribution in [2.45, 2.75) is 26.3 Å². The van der Waals surface area contributed by atoms with Gasteiger partial charge in [-0.3, -0.25) is 14.4 Å². The molecule has 2 heterocycles. The van der Waals surface area contributed by atoms with E-state index in [1.54, 1.807) is 29.2 Å². The lowest BCUT2D eigenvalue weighted by Gasteiger charge is -2.31. The zero-order valence-corrected chi connectivity index (χ0v) is 20.2. The second-order valence-corrected chi connectivity index (χ2v) is 9.52. The molecule has 10 heteroatoms. The van der Waals surface area contributed by atoms with Gasteiger partial charge >= 0.3 is 0 Å². The lowest BCUT2D eigenvalue weighted by atomic mass is 9.97. The molecule has 1 unspecified atom stereocenters. The van der Waals surface area contributed by atoms with E-state index in [4.69, 9.17) is 11.6 Å². The molecule has 0 aliphatic carbocycles. The number of rotatable bonds is 6. The first-order valence-corrected chi connectivity index (χ1v) is 12.1. The van der Waals surface area contributed by atoms with E-state index in [-0.39, 0.29) is 27.7 Å². The Hall–Kier alpha value is -3.30. The van der Waals surface area contributed by atoms with Gasteiger partial charge in [-0.25, -0.2) is 0 Å². The monoisotopic (exact) mass is 497 g/mol. The highest BCUT2D eigenvalue weighted by Crippen LogP contribution is 2.22. The fraction of sp³-hybridized carbons (Fsp3) is 0.292. The number of nitrogens with zero attached hydrogens (tertiary/aromatic N) is 3. The van der Waals surface area contributed by atoms with E-state index in [9.17, 15) is 14.4 Å². The first-order valence-electron chi connectivity index (χ1n) is 10.9. The van der Waals surface area contributed by atoms with Crippen molar-refractivity contribution in [1.29, 1.82) is 0 Å². The number of hydrogen-bond acceptors (Lipinski definition) is 6. The maximum Gasteiger partial charge on any atom is 0.286 e. The number of amides is 3. The second-order valence-electron chi connectivity index (χ2n) is 8.11. The predicted octanol–water partition coefficient (Wildman–Crippen LogP) is 3.92. The number of piperidine rings is 1. The third-order valence-electron chi connectivity index (χ3n) is 5.70. The number of aromatic nitrogens is 2. The van der Waals surface area contributed by atoms with Crippen LogP contribution in [-0.4, -0.2) is 45.9 Å². The number of benzene rings is 2. The van der Waals surface area contributed by atoms with Crippen LogP contribution in [0.2, 0.25) is 5.02 Å². The summed E-state index contributed by atoms with van der Waals surface area (Å²) in [6.45, 7) is 3.31. The summed E-state index contributed by atoms with van der Waals surface area (Å²) in [7, 11) is 0. The Kier molecular flexibility index (Phi) is 7.54. The average molecular weight is 498 g/mol. The molecular formula is C24H24ClN5O3S. The molecule has 0 bridgehead atoms. The summed E-state index contributed by atoms with van der Waals surface area (Å²) in [4.78, 5) is 39.8. The quantitative estimate of drug-likeness (QED) is 0.537. The van der Waals surface area contributed by atoms with E-state index in [2.05, 4.69) is 20.8 Å². The standard InChI is InChI=1S/C24H24ClN5O3S/c1-15-5-2-3-6-16(15)13-26-20(31)17-7-4-12-30(14-17)24(33)23-29-28-22(34-23)21(32)27-19-10-8-18(25)9-11-19/h2-3,5-6,8-11,17H,4,7,12-14H2,1H3,(H,26,31)(H,27,32). The Balaban J connectivity index is 1.34. The van der Waals surface area contributed by atoms with Gasteiger partial charge < -0.3 is 15.5 Å². The minimum absolute atomic E-state index is 0.0685. The third-order valence-corrected chi connectivity index (χ3v) is 6.86. The molecule has 1 saturated heterocycles. The predicted molar refractivity (Wildman–Crippen MR) is 131 cm³/mol. The van der Waals surface area contributed by atoms with Crippen molar-refractivity contribution in [3.05, 3.63) is 74.7 Å². The van der Waals surface area contributed by atoms with E-state index < -0.39 is 5.91 Å². The van der Waals surface area contributed by atoms with Crippen molar-refractivity contribution in [1.82, 2.24) is 20.4 Å². The van der Waals surface area contributed by atoms with E-state index in [1.165, 1.54) is 0 Å². The zero-order valence-electron chi connectivity index (χ0n) is 18.6. The van der Waals surface area contributed by atoms with Crippen LogP contribution < -0.4 is 10.6 Å². The van der Waals surface area contributed by atoms with Crippen LogP contribution in [-0.2, 0) is 11.3 Å². The molecule has 1 aliphatic rings. The molecule has 3 amide bonds. The lowest BCUT2D eigenvalue weighted by Crippen LogP contribution is -2.45. The van der Waals surface area contributed by atoms with Gasteiger partial charge in [-0.2, -0.15) is 0 Å². The van der Waals surface area contributed by atoms with E-state index in [1.807, 2.05) is 31.2 Å². The number of likely N-dealkylation sites (tertiary alicyclic amines) is 1. The van der Waals surface area contributed by atoms with Gasteiger partial charge in [0.2, 0.25) is 15.9 Å². The van der Waals surface area contributed by atoms with Gasteiger partial charge in [-0.05, 0) is 55.2 Å². The normalized spacial score (nSPS) is 15.6. The fourth-order valence-corrected chi connectivity index (χ4v) is 4.60. The molecule has 2 aromatic carbocycles. The number of anilines is 1. The highest BCUT2D eigenvalue weighted by atomic mass is 35.5. The van der Waals surface area contributed by atoms with Crippen molar-refractivity contribution in [2.75, 3.05) is 18.4 Å². The molecule has 1 fully saturated rings. The van der Waals surface area contributed by atoms with Crippen LogP contribution in [0.3, 0.4) is 0 Å². The molecule has 1 atom stereocenters. The summed E-state index contributed by atoms with van der Waals surface area (Å²) >= 11 is 6.79. The molecule has 8 nitrogen and oxygen atoms in total. The Bertz CT molecular complexity index is 1200. The molecule has 0 spiro atoms. The highest BCUT2D eigenvalue weighted by molar-refractivity contribution is 7.15. The highest BCUT2D eigenvalue weighted by Gasteiger charge is 2.31. The smallest absolute Gasteiger partial charge is 0.286 e. The van der Waals surface area contributed by atoms with Crippen molar-refractivity contribution >= 4 is 46.3 Å². The molecule has 2 N–H and O–H groups in total. The van der Waals surface area contributed by atoms with Crippen LogP contribution in [0.4, 0.5) is 5.69 Å². The molecule has 1 aromatic heterocycles. The Labute approximate surface area is 206 Å². The van der Waals surface area contributed by atoms with Crippen molar-refractivity contribution in [3.8, 4) is 0 Å². The van der Waals surface area contributed by atoms with Crippen LogP contribution in [0.15, 0.2) is 48.5 Å². The fourth-order valence-electron chi connectivity index (χ4n) is 3.77. The summed E-state index contributed by atoms with van der Waals surface area (Å²) in [5, 5.41) is 14.3. The van der Waals surface area contributed by atoms with Gasteiger partial charge in [0.1, 0.15) is 0 Å². The zero-order chi connectivity index (χ0) is 24.1. The number of nitrogens with one attached hydrogen (secondary N) is 2. The molecule has 0 radical (unpaired) electrons. The summed E-state index contributed by atoms with van der Waals surface area (Å²) < 4.78 is 0. The molecular weight excluding hydrogens is 474 g/mol. The molecule has 176 valence electrons. The summed E-state index contributed by atoms with van der Waals surface area (Å²) in [6, 6.07) is 14.6. The van der Waals surface area contributed by atoms with Crippen molar-refractivity contribution in [2.24, 2.45) is 5.92 Å². The minimum atomic E-state index is -0.453. The number of carbonyl (C=O) groups is 3. The van der Waals surface area contributed by atoms with Gasteiger partial charge in [0, 0.05) is 30.3 Å². The van der Waals surface area contributed by atoms with Crippen LogP contribution in [0.5, 0.6) is 0 Å². The number of carbonyl (C=O) groups excluding carboxylic acids is 3. The molecule has 34 heavy (non-hydrogen) atoms. The van der Waals surface area contributed by atoms with Gasteiger partial charge in [0.05, 0.1) is 5.92 Å². The Morgan fingerprint density at radius 3 is 2.59 bits per heavy atom. The molecule has 4 rings (SSSR count). The molecule has 0 saturated carbocycles. The first-order chi connectivity index (χ1) is 16.4. The van der Waals surface area contributed by atoms with Gasteiger partial charge in [0.15, 0.2) is 0 Å². The van der Waals surface area contributed by atoms with Crippen LogP contribution in [0, 0.1) is 12.8 Å². The number of halogens is 1. The third kappa shape index (κ3) is 5.78. The van der Waals surface area contributed by atoms with Crippen molar-refractivity contribution < 1.29 is 14.4 Å². The Morgan fingerprint density at radius 2 is 1.82 bits per heavy atom. The minimum Gasteiger partial charge on any atom is -0.352 e. The second kappa shape index (κ2) is 10.8. The number of hydrogen-bond donors (Lipinski definition) is 2. The van der Waals surface area contributed by atoms with E-state index in [0.29, 0.717) is 36.8 Å². The first kappa shape index (κ1) is 23.8. The summed E-state index contributed by atoms with van der Waals surface area (Å²) in [6.07, 6.45) is 1.44. The summed E-state index contributed by atoms with van der Waals surface area (Å²) in [5.74, 6) is -1.13. The van der Waals surface area contributed by atoms with Gasteiger partial charge in [-0.1, -0.05) is 47.2 Å². The summed E-state index contributed by atoms with van der Waals surface area (Å²) in [5.41, 5.74) is 2.75. The molecule has 1 aliphatic heterocycles. The van der Waals surface area contributed by atoms with Crippen LogP contribution in [0.1, 0.15) is 43.6 Å². The van der Waals surface area contributed by atoms with E-state index in [0.717, 1.165) is 28.9 Å².